The minimum atomic E-state index is 0. The number of phenols is 1. The number of benzene rings is 1. The predicted molar refractivity (Wildman–Crippen MR) is 111 cm³/mol. The number of nitrogens with one attached hydrogen (secondary N) is 2. The molecular formula is C18H25IN4O2. The van der Waals surface area contributed by atoms with Crippen LogP contribution >= 0.6 is 24.0 Å². The van der Waals surface area contributed by atoms with E-state index in [0.29, 0.717) is 18.3 Å². The first kappa shape index (κ1) is 21.0. The number of hydrogen-bond acceptors (Lipinski definition) is 4. The molecule has 0 aliphatic rings. The summed E-state index contributed by atoms with van der Waals surface area (Å²) in [5.74, 6) is 1.29. The van der Waals surface area contributed by atoms with Gasteiger partial charge in [0.25, 0.3) is 0 Å². The fourth-order valence-corrected chi connectivity index (χ4v) is 2.22. The second kappa shape index (κ2) is 11.5. The fourth-order valence-electron chi connectivity index (χ4n) is 2.22. The molecular weight excluding hydrogens is 431 g/mol. The number of halogens is 1. The third kappa shape index (κ3) is 6.77. The number of para-hydroxylation sites is 1. The molecule has 1 aromatic heterocycles. The number of rotatable bonds is 7. The van der Waals surface area contributed by atoms with Crippen molar-refractivity contribution in [2.75, 3.05) is 20.2 Å². The molecule has 7 heteroatoms. The Labute approximate surface area is 165 Å². The Morgan fingerprint density at radius 1 is 1.20 bits per heavy atom. The molecule has 2 aromatic rings. The van der Waals surface area contributed by atoms with Crippen LogP contribution in [0.4, 0.5) is 0 Å². The van der Waals surface area contributed by atoms with Crippen molar-refractivity contribution < 1.29 is 9.84 Å². The Morgan fingerprint density at radius 2 is 2.04 bits per heavy atom. The van der Waals surface area contributed by atoms with Gasteiger partial charge in [-0.2, -0.15) is 0 Å². The third-order valence-corrected chi connectivity index (χ3v) is 3.45. The SMILES string of the molecule is CCNC(=NCc1cccc(OC)c1O)NCCc1ccccn1.I. The molecule has 0 radical (unpaired) electrons. The Balaban J connectivity index is 0.00000312. The van der Waals surface area contributed by atoms with Gasteiger partial charge >= 0.3 is 0 Å². The maximum absolute atomic E-state index is 10.1. The Hall–Kier alpha value is -2.03. The Morgan fingerprint density at radius 3 is 2.72 bits per heavy atom. The van der Waals surface area contributed by atoms with Crippen molar-refractivity contribution in [1.82, 2.24) is 15.6 Å². The monoisotopic (exact) mass is 456 g/mol. The molecule has 1 heterocycles. The highest BCUT2D eigenvalue weighted by molar-refractivity contribution is 14.0. The minimum absolute atomic E-state index is 0. The molecule has 0 spiro atoms. The van der Waals surface area contributed by atoms with Gasteiger partial charge in [-0.3, -0.25) is 4.98 Å². The largest absolute Gasteiger partial charge is 0.504 e. The van der Waals surface area contributed by atoms with Crippen LogP contribution in [0.3, 0.4) is 0 Å². The second-order valence-corrected chi connectivity index (χ2v) is 5.16. The molecule has 0 atom stereocenters. The number of methoxy groups -OCH3 is 1. The van der Waals surface area contributed by atoms with Gasteiger partial charge < -0.3 is 20.5 Å². The molecule has 0 saturated heterocycles. The average molecular weight is 456 g/mol. The molecule has 25 heavy (non-hydrogen) atoms. The Bertz CT molecular complexity index is 665. The lowest BCUT2D eigenvalue weighted by Crippen LogP contribution is -2.38. The Kier molecular flexibility index (Phi) is 9.68. The van der Waals surface area contributed by atoms with E-state index in [2.05, 4.69) is 20.6 Å². The average Bonchev–Trinajstić information content (AvgIpc) is 2.61. The zero-order valence-corrected chi connectivity index (χ0v) is 16.9. The normalized spacial score (nSPS) is 10.7. The number of phenolic OH excluding ortho intramolecular Hbond substituents is 1. The van der Waals surface area contributed by atoms with Gasteiger partial charge in [0.2, 0.25) is 0 Å². The van der Waals surface area contributed by atoms with Gasteiger partial charge in [-0.05, 0) is 25.1 Å². The molecule has 0 aliphatic heterocycles. The lowest BCUT2D eigenvalue weighted by atomic mass is 10.2. The van der Waals surface area contributed by atoms with Crippen LogP contribution in [-0.4, -0.2) is 36.2 Å². The van der Waals surface area contributed by atoms with Crippen molar-refractivity contribution in [2.45, 2.75) is 19.9 Å². The van der Waals surface area contributed by atoms with Crippen molar-refractivity contribution in [1.29, 1.82) is 0 Å². The molecule has 2 rings (SSSR count). The van der Waals surface area contributed by atoms with Crippen molar-refractivity contribution in [3.63, 3.8) is 0 Å². The number of aromatic hydroxyl groups is 1. The molecule has 136 valence electrons. The van der Waals surface area contributed by atoms with Gasteiger partial charge in [0.05, 0.1) is 13.7 Å². The summed E-state index contributed by atoms with van der Waals surface area (Å²) in [7, 11) is 1.53. The van der Waals surface area contributed by atoms with Gasteiger partial charge in [-0.15, -0.1) is 24.0 Å². The van der Waals surface area contributed by atoms with Crippen LogP contribution in [0.25, 0.3) is 0 Å². The van der Waals surface area contributed by atoms with Crippen molar-refractivity contribution in [3.05, 3.63) is 53.9 Å². The molecule has 0 amide bonds. The van der Waals surface area contributed by atoms with Crippen molar-refractivity contribution in [2.24, 2.45) is 4.99 Å². The summed E-state index contributed by atoms with van der Waals surface area (Å²) in [4.78, 5) is 8.81. The summed E-state index contributed by atoms with van der Waals surface area (Å²) in [5.41, 5.74) is 1.75. The van der Waals surface area contributed by atoms with Crippen LogP contribution in [0.2, 0.25) is 0 Å². The first-order valence-electron chi connectivity index (χ1n) is 8.01. The topological polar surface area (TPSA) is 78.8 Å². The molecule has 0 bridgehead atoms. The number of guanidine groups is 1. The van der Waals surface area contributed by atoms with E-state index in [0.717, 1.165) is 30.8 Å². The standard InChI is InChI=1S/C18H24N4O2.HI/c1-3-19-18(21-12-10-15-8-4-5-11-20-15)22-13-14-7-6-9-16(24-2)17(14)23;/h4-9,11,23H,3,10,12-13H2,1-2H3,(H2,19,21,22);1H. The number of aromatic nitrogens is 1. The summed E-state index contributed by atoms with van der Waals surface area (Å²) < 4.78 is 5.12. The zero-order valence-electron chi connectivity index (χ0n) is 14.5. The van der Waals surface area contributed by atoms with Crippen LogP contribution < -0.4 is 15.4 Å². The fraction of sp³-hybridized carbons (Fsp3) is 0.333. The van der Waals surface area contributed by atoms with E-state index in [-0.39, 0.29) is 29.7 Å². The summed E-state index contributed by atoms with van der Waals surface area (Å²) in [6, 6.07) is 11.3. The number of ether oxygens (including phenoxy) is 1. The van der Waals surface area contributed by atoms with Gasteiger partial charge in [0, 0.05) is 37.0 Å². The molecule has 0 unspecified atom stereocenters. The van der Waals surface area contributed by atoms with Gasteiger partial charge in [0.15, 0.2) is 17.5 Å². The summed E-state index contributed by atoms with van der Waals surface area (Å²) in [5, 5.41) is 16.6. The predicted octanol–water partition coefficient (Wildman–Crippen LogP) is 2.71. The minimum Gasteiger partial charge on any atom is -0.504 e. The van der Waals surface area contributed by atoms with Gasteiger partial charge in [0.1, 0.15) is 0 Å². The molecule has 0 saturated carbocycles. The number of hydrogen-bond donors (Lipinski definition) is 3. The van der Waals surface area contributed by atoms with Crippen molar-refractivity contribution in [3.8, 4) is 11.5 Å². The molecule has 6 nitrogen and oxygen atoms in total. The van der Waals surface area contributed by atoms with Gasteiger partial charge in [-0.1, -0.05) is 18.2 Å². The van der Waals surface area contributed by atoms with E-state index in [1.807, 2.05) is 37.3 Å². The highest BCUT2D eigenvalue weighted by Gasteiger charge is 2.07. The second-order valence-electron chi connectivity index (χ2n) is 5.16. The van der Waals surface area contributed by atoms with E-state index >= 15 is 0 Å². The quantitative estimate of drug-likeness (QED) is 0.339. The first-order valence-corrected chi connectivity index (χ1v) is 8.01. The van der Waals surface area contributed by atoms with Gasteiger partial charge in [-0.25, -0.2) is 4.99 Å². The summed E-state index contributed by atoms with van der Waals surface area (Å²) in [6.45, 7) is 3.87. The van der Waals surface area contributed by atoms with Crippen LogP contribution in [0.5, 0.6) is 11.5 Å². The molecule has 0 fully saturated rings. The molecule has 0 aliphatic carbocycles. The number of aliphatic imine (C=N–C) groups is 1. The lowest BCUT2D eigenvalue weighted by Gasteiger charge is -2.12. The van der Waals surface area contributed by atoms with Crippen LogP contribution in [-0.2, 0) is 13.0 Å². The van der Waals surface area contributed by atoms with Crippen LogP contribution in [0, 0.1) is 0 Å². The number of nitrogens with zero attached hydrogens (tertiary/aromatic N) is 2. The van der Waals surface area contributed by atoms with E-state index in [1.165, 1.54) is 7.11 Å². The summed E-state index contributed by atoms with van der Waals surface area (Å²) in [6.07, 6.45) is 2.61. The highest BCUT2D eigenvalue weighted by Crippen LogP contribution is 2.29. The molecule has 3 N–H and O–H groups in total. The maximum Gasteiger partial charge on any atom is 0.191 e. The van der Waals surface area contributed by atoms with Crippen LogP contribution in [0.1, 0.15) is 18.2 Å². The maximum atomic E-state index is 10.1. The van der Waals surface area contributed by atoms with Crippen molar-refractivity contribution >= 4 is 29.9 Å². The van der Waals surface area contributed by atoms with E-state index < -0.39 is 0 Å². The first-order chi connectivity index (χ1) is 11.7. The van der Waals surface area contributed by atoms with E-state index in [1.54, 1.807) is 12.3 Å². The molecule has 1 aromatic carbocycles. The smallest absolute Gasteiger partial charge is 0.191 e. The van der Waals surface area contributed by atoms with E-state index in [9.17, 15) is 5.11 Å². The number of pyridine rings is 1. The third-order valence-electron chi connectivity index (χ3n) is 3.45. The summed E-state index contributed by atoms with van der Waals surface area (Å²) >= 11 is 0. The van der Waals surface area contributed by atoms with Crippen LogP contribution in [0.15, 0.2) is 47.6 Å². The van der Waals surface area contributed by atoms with E-state index in [4.69, 9.17) is 4.74 Å². The lowest BCUT2D eigenvalue weighted by molar-refractivity contribution is 0.370. The zero-order chi connectivity index (χ0) is 17.2. The highest BCUT2D eigenvalue weighted by atomic mass is 127.